The van der Waals surface area contributed by atoms with Gasteiger partial charge in [-0.2, -0.15) is 13.2 Å². The van der Waals surface area contributed by atoms with E-state index in [0.717, 1.165) is 0 Å². The van der Waals surface area contributed by atoms with Crippen LogP contribution in [-0.2, 0) is 47.5 Å². The van der Waals surface area contributed by atoms with Gasteiger partial charge in [0.2, 0.25) is 17.5 Å². The number of aliphatic hydroxyl groups excluding tert-OH is 4. The van der Waals surface area contributed by atoms with Crippen molar-refractivity contribution in [3.8, 4) is 0 Å². The topological polar surface area (TPSA) is 395 Å². The van der Waals surface area contributed by atoms with E-state index in [2.05, 4.69) is 25.9 Å². The Morgan fingerprint density at radius 1 is 0.658 bits per heavy atom. The lowest BCUT2D eigenvalue weighted by molar-refractivity contribution is -0.192. The number of carbonyl (C=O) groups excluding carboxylic acids is 3. The molecule has 2 aliphatic rings. The van der Waals surface area contributed by atoms with Gasteiger partial charge in [-0.05, 0) is 74.5 Å². The monoisotopic (exact) mass is 1100 g/mol. The number of carbonyl (C=O) groups is 6. The predicted octanol–water partition coefficient (Wildman–Crippen LogP) is 2.75. The molecular weight excluding hydrogens is 1040 g/mol. The third-order valence-electron chi connectivity index (χ3n) is 8.71. The minimum atomic E-state index is -5.08. The maximum atomic E-state index is 12.4. The average Bonchev–Trinajstić information content (AvgIpc) is 3.21. The van der Waals surface area contributed by atoms with Crippen molar-refractivity contribution in [3.05, 3.63) is 23.7 Å². The molecule has 0 saturated carbocycles. The molecule has 3 amide bonds. The second-order valence-electron chi connectivity index (χ2n) is 18.2. The highest BCUT2D eigenvalue weighted by Gasteiger charge is 2.44. The Balaban J connectivity index is 0. The molecule has 10 atom stereocenters. The van der Waals surface area contributed by atoms with E-state index in [-0.39, 0.29) is 17.3 Å². The maximum absolute atomic E-state index is 12.4. The summed E-state index contributed by atoms with van der Waals surface area (Å²) in [4.78, 5) is 77.0. The van der Waals surface area contributed by atoms with Crippen LogP contribution in [0, 0.1) is 11.8 Å². The van der Waals surface area contributed by atoms with E-state index in [4.69, 9.17) is 72.0 Å². The number of amides is 3. The van der Waals surface area contributed by atoms with E-state index >= 15 is 0 Å². The highest BCUT2D eigenvalue weighted by Crippen LogP contribution is 2.32. The number of hydrogen-bond donors (Lipinski definition) is 11. The minimum Gasteiger partial charge on any atom is -0.480 e. The number of aliphatic hydroxyl groups is 4. The van der Waals surface area contributed by atoms with Gasteiger partial charge in [-0.3, -0.25) is 16.0 Å². The Kier molecular flexibility index (Phi) is 29.9. The summed E-state index contributed by atoms with van der Waals surface area (Å²) < 4.78 is 68.6. The summed E-state index contributed by atoms with van der Waals surface area (Å²) >= 11 is 9.53. The van der Waals surface area contributed by atoms with Gasteiger partial charge < -0.3 is 74.6 Å². The van der Waals surface area contributed by atoms with E-state index in [1.54, 1.807) is 76.2 Å². The number of carboxylic acids is 3. The molecule has 0 aromatic heterocycles. The Morgan fingerprint density at radius 2 is 0.945 bits per heavy atom. The molecule has 31 heteroatoms. The first-order chi connectivity index (χ1) is 33.2. The quantitative estimate of drug-likeness (QED) is 0.0579. The summed E-state index contributed by atoms with van der Waals surface area (Å²) in [5, 5.41) is 71.7. The molecule has 0 aromatic carbocycles. The molecule has 12 N–H and O–H groups in total. The number of carboxylic acid groups (broad SMARTS) is 3. The molecule has 0 spiro atoms. The van der Waals surface area contributed by atoms with Crippen LogP contribution in [-0.4, -0.2) is 188 Å². The van der Waals surface area contributed by atoms with Crippen LogP contribution < -0.4 is 21.7 Å². The van der Waals surface area contributed by atoms with Crippen molar-refractivity contribution in [2.75, 3.05) is 32.8 Å². The molecule has 0 aromatic rings. The SMILES string of the molecule is CO[C@@H]([C@@H]1OC(C(=O)O)=C[C@H](N=C(N)NC(=O)OC(C)(C)C)[C@H]1C)[C@H](O)CO.CO[C@@H]([C@@H]1OC(C(=O)O)=C[C@H](N=C(NC(=O)OC(C)(C)C)NC(=O)OC(C)(C)C)[C@H]1C)[C@H](O)CO.ClCCl.O=C(O)C(F)(F)F. The zero-order chi connectivity index (χ0) is 57.6. The third kappa shape index (κ3) is 28.0. The Bertz CT molecular complexity index is 1910. The lowest BCUT2D eigenvalue weighted by Gasteiger charge is -2.38. The first-order valence-electron chi connectivity index (χ1n) is 21.4. The van der Waals surface area contributed by atoms with Gasteiger partial charge in [0.25, 0.3) is 0 Å². The maximum Gasteiger partial charge on any atom is 0.490 e. The number of guanidine groups is 2. The van der Waals surface area contributed by atoms with Gasteiger partial charge >= 0.3 is 42.4 Å². The molecule has 73 heavy (non-hydrogen) atoms. The average molecular weight is 1110 g/mol. The second kappa shape index (κ2) is 31.3. The largest absolute Gasteiger partial charge is 0.490 e. The Morgan fingerprint density at radius 3 is 1.19 bits per heavy atom. The van der Waals surface area contributed by atoms with Gasteiger partial charge in [0.05, 0.1) is 30.6 Å². The molecule has 0 unspecified atom stereocenters. The van der Waals surface area contributed by atoms with Gasteiger partial charge in [0, 0.05) is 26.1 Å². The summed E-state index contributed by atoms with van der Waals surface area (Å²) in [5.74, 6) is -8.17. The van der Waals surface area contributed by atoms with Crippen molar-refractivity contribution < 1.29 is 111 Å². The molecule has 0 fully saturated rings. The van der Waals surface area contributed by atoms with Crippen LogP contribution in [0.3, 0.4) is 0 Å². The van der Waals surface area contributed by atoms with Crippen LogP contribution >= 0.6 is 23.2 Å². The standard InChI is InChI=1S/C22H37N3O10.C17H29N3O8.C2HF3O2.CH2Cl2/c1-11-12(9-14(17(28)29)33-15(11)16(32-8)13(27)10-26)23-18(24-19(30)34-21(2,3)4)25-20(31)35-22(5,6)7;1-8-9(19-15(18)20-16(25)28-17(2,3)4)6-11(14(23)24)27-12(8)13(26-5)10(22)7-21;3-2(4,5)1(6)7;2-1-3/h9,11-13,15-16,26-27H,10H2,1-8H3,(H,28,29)(H2,23,24,25,30,31);6,8-10,12-13,21-22H,7H2,1-5H3,(H,23,24)(H3,18,19,20,25);(H,6,7);1H2/t11-,12+,13-,15-,16-;8-,9+,10-,12-,13-;;/m11../s1. The Hall–Kier alpha value is -5.43. The molecule has 2 aliphatic heterocycles. The van der Waals surface area contributed by atoms with E-state index in [1.165, 1.54) is 26.4 Å². The number of rotatable bonds is 12. The summed E-state index contributed by atoms with van der Waals surface area (Å²) in [5.41, 5.74) is 3.32. The predicted molar refractivity (Wildman–Crippen MR) is 252 cm³/mol. The van der Waals surface area contributed by atoms with Crippen LogP contribution in [0.15, 0.2) is 33.7 Å². The lowest BCUT2D eigenvalue weighted by atomic mass is 9.87. The van der Waals surface area contributed by atoms with E-state index < -0.39 is 144 Å². The lowest BCUT2D eigenvalue weighted by Crippen LogP contribution is -2.51. The number of nitrogens with two attached hydrogens (primary N) is 1. The molecule has 2 rings (SSSR count). The number of hydrogen-bond acceptors (Lipinski definition) is 19. The number of aliphatic carboxylic acids is 3. The number of alkyl halides is 5. The van der Waals surface area contributed by atoms with Crippen molar-refractivity contribution >= 4 is 71.3 Å². The molecule has 2 heterocycles. The number of nitrogens with zero attached hydrogens (tertiary/aromatic N) is 2. The van der Waals surface area contributed by atoms with Gasteiger partial charge in [-0.25, -0.2) is 38.8 Å². The van der Waals surface area contributed by atoms with Crippen LogP contribution in [0.2, 0.25) is 0 Å². The first kappa shape index (κ1) is 69.6. The second-order valence-corrected chi connectivity index (χ2v) is 19.0. The number of nitrogens with one attached hydrogen (secondary N) is 3. The molecule has 0 saturated heterocycles. The van der Waals surface area contributed by atoms with Crippen LogP contribution in [0.4, 0.5) is 27.6 Å². The number of ether oxygens (including phenoxy) is 7. The molecule has 0 radical (unpaired) electrons. The zero-order valence-corrected chi connectivity index (χ0v) is 43.9. The number of alkyl carbamates (subject to hydrolysis) is 3. The highest BCUT2D eigenvalue weighted by atomic mass is 35.5. The molecular formula is C42H69Cl2F3N6O20. The van der Waals surface area contributed by atoms with Crippen LogP contribution in [0.1, 0.15) is 76.2 Å². The fourth-order valence-electron chi connectivity index (χ4n) is 5.75. The molecule has 422 valence electrons. The first-order valence-corrected chi connectivity index (χ1v) is 22.5. The van der Waals surface area contributed by atoms with Gasteiger partial charge in [-0.1, -0.05) is 13.8 Å². The summed E-state index contributed by atoms with van der Waals surface area (Å²) in [7, 11) is 2.57. The molecule has 0 bridgehead atoms. The zero-order valence-electron chi connectivity index (χ0n) is 42.3. The molecule has 0 aliphatic carbocycles. The van der Waals surface area contributed by atoms with Crippen molar-refractivity contribution in [1.29, 1.82) is 0 Å². The summed E-state index contributed by atoms with van der Waals surface area (Å²) in [6.07, 6.45) is -12.1. The number of aliphatic imine (C=N–C) groups is 2. The van der Waals surface area contributed by atoms with Crippen molar-refractivity contribution in [2.45, 2.75) is 148 Å². The highest BCUT2D eigenvalue weighted by molar-refractivity contribution is 6.40. The van der Waals surface area contributed by atoms with Gasteiger partial charge in [-0.15, -0.1) is 23.2 Å². The fourth-order valence-corrected chi connectivity index (χ4v) is 5.75. The van der Waals surface area contributed by atoms with E-state index in [0.29, 0.717) is 0 Å². The van der Waals surface area contributed by atoms with Gasteiger partial charge in [0.1, 0.15) is 53.4 Å². The normalized spacial score (nSPS) is 21.5. The minimum absolute atomic E-state index is 0.194. The number of methoxy groups -OCH3 is 2. The summed E-state index contributed by atoms with van der Waals surface area (Å²) in [6.45, 7) is 17.0. The summed E-state index contributed by atoms with van der Waals surface area (Å²) in [6, 6.07) is -1.77. The van der Waals surface area contributed by atoms with Crippen LogP contribution in [0.5, 0.6) is 0 Å². The number of halogens is 5. The van der Waals surface area contributed by atoms with Crippen molar-refractivity contribution in [2.24, 2.45) is 27.6 Å². The smallest absolute Gasteiger partial charge is 0.480 e. The molecule has 26 nitrogen and oxygen atoms in total. The van der Waals surface area contributed by atoms with E-state index in [9.17, 15) is 67.8 Å². The van der Waals surface area contributed by atoms with Crippen molar-refractivity contribution in [3.63, 3.8) is 0 Å². The third-order valence-corrected chi connectivity index (χ3v) is 8.71. The van der Waals surface area contributed by atoms with Crippen molar-refractivity contribution in [1.82, 2.24) is 16.0 Å². The van der Waals surface area contributed by atoms with Gasteiger partial charge in [0.15, 0.2) is 5.96 Å². The van der Waals surface area contributed by atoms with E-state index in [1.807, 2.05) is 0 Å². The fraction of sp³-hybridized carbons (Fsp3) is 0.714. The van der Waals surface area contributed by atoms with Crippen LogP contribution in [0.25, 0.3) is 0 Å². The Labute approximate surface area is 429 Å².